The van der Waals surface area contributed by atoms with Crippen LogP contribution in [0.15, 0.2) is 56.4 Å². The number of benzene rings is 1. The van der Waals surface area contributed by atoms with Gasteiger partial charge in [-0.05, 0) is 55.5 Å². The third kappa shape index (κ3) is 3.61. The zero-order valence-electron chi connectivity index (χ0n) is 18.1. The number of sulfonamides is 1. The standard InChI is InChI=1S/C23H24N4O4S/c1-14-10-15(2)13-27(12-14)32(28,29)17-7-8-20-18(11-17)16(3)21(30-20)23-25-22(26-31-23)19-6-4-5-9-24-19/h4-9,11,14-15H,10,12-13H2,1-3H3. The fourth-order valence-electron chi connectivity index (χ4n) is 4.43. The summed E-state index contributed by atoms with van der Waals surface area (Å²) in [5.74, 6) is 1.68. The Hall–Kier alpha value is -3.04. The molecule has 2 atom stereocenters. The van der Waals surface area contributed by atoms with E-state index in [1.54, 1.807) is 34.8 Å². The fraction of sp³-hybridized carbons (Fsp3) is 0.348. The van der Waals surface area contributed by atoms with Crippen molar-refractivity contribution in [3.05, 3.63) is 48.2 Å². The van der Waals surface area contributed by atoms with Gasteiger partial charge in [-0.15, -0.1) is 0 Å². The Bertz CT molecular complexity index is 1370. The summed E-state index contributed by atoms with van der Waals surface area (Å²) >= 11 is 0. The molecule has 5 rings (SSSR count). The molecule has 1 aliphatic rings. The van der Waals surface area contributed by atoms with Gasteiger partial charge in [0, 0.05) is 30.2 Å². The predicted molar refractivity (Wildman–Crippen MR) is 119 cm³/mol. The van der Waals surface area contributed by atoms with Gasteiger partial charge in [0.25, 0.3) is 5.89 Å². The summed E-state index contributed by atoms with van der Waals surface area (Å²) in [6, 6.07) is 10.4. The lowest BCUT2D eigenvalue weighted by Gasteiger charge is -2.34. The molecule has 32 heavy (non-hydrogen) atoms. The average molecular weight is 453 g/mol. The Morgan fingerprint density at radius 1 is 1.09 bits per heavy atom. The molecule has 1 aromatic carbocycles. The quantitative estimate of drug-likeness (QED) is 0.448. The van der Waals surface area contributed by atoms with Crippen LogP contribution in [0, 0.1) is 18.8 Å². The second kappa shape index (κ2) is 7.83. The van der Waals surface area contributed by atoms with Gasteiger partial charge in [-0.2, -0.15) is 9.29 Å². The van der Waals surface area contributed by atoms with Crippen LogP contribution < -0.4 is 0 Å². The molecule has 9 heteroatoms. The summed E-state index contributed by atoms with van der Waals surface area (Å²) < 4.78 is 39.6. The second-order valence-electron chi connectivity index (χ2n) is 8.62. The maximum absolute atomic E-state index is 13.3. The molecular weight excluding hydrogens is 428 g/mol. The van der Waals surface area contributed by atoms with Gasteiger partial charge >= 0.3 is 0 Å². The van der Waals surface area contributed by atoms with E-state index in [0.717, 1.165) is 12.0 Å². The number of furan rings is 1. The molecule has 0 aliphatic carbocycles. The summed E-state index contributed by atoms with van der Waals surface area (Å²) in [6.45, 7) is 7.12. The first kappa shape index (κ1) is 20.8. The zero-order valence-corrected chi connectivity index (χ0v) is 19.0. The summed E-state index contributed by atoms with van der Waals surface area (Å²) in [5, 5.41) is 4.70. The first-order valence-corrected chi connectivity index (χ1v) is 12.1. The smallest absolute Gasteiger partial charge is 0.294 e. The Morgan fingerprint density at radius 2 is 1.88 bits per heavy atom. The predicted octanol–water partition coefficient (Wildman–Crippen LogP) is 4.52. The lowest BCUT2D eigenvalue weighted by Crippen LogP contribution is -2.42. The molecule has 1 fully saturated rings. The van der Waals surface area contributed by atoms with Gasteiger partial charge in [-0.25, -0.2) is 8.42 Å². The molecule has 1 saturated heterocycles. The van der Waals surface area contributed by atoms with E-state index in [1.807, 2.05) is 19.1 Å². The number of rotatable bonds is 4. The third-order valence-electron chi connectivity index (χ3n) is 5.90. The highest BCUT2D eigenvalue weighted by atomic mass is 32.2. The van der Waals surface area contributed by atoms with Crippen LogP contribution >= 0.6 is 0 Å². The van der Waals surface area contributed by atoms with Crippen LogP contribution in [-0.4, -0.2) is 40.9 Å². The van der Waals surface area contributed by atoms with E-state index in [4.69, 9.17) is 8.94 Å². The number of aromatic nitrogens is 3. The van der Waals surface area contributed by atoms with Gasteiger partial charge in [-0.3, -0.25) is 4.98 Å². The van der Waals surface area contributed by atoms with Crippen molar-refractivity contribution in [3.8, 4) is 23.2 Å². The van der Waals surface area contributed by atoms with E-state index in [1.165, 1.54) is 0 Å². The van der Waals surface area contributed by atoms with E-state index in [-0.39, 0.29) is 10.8 Å². The van der Waals surface area contributed by atoms with Crippen molar-refractivity contribution in [3.63, 3.8) is 0 Å². The van der Waals surface area contributed by atoms with Crippen molar-refractivity contribution in [1.82, 2.24) is 19.4 Å². The van der Waals surface area contributed by atoms with Crippen molar-refractivity contribution in [2.45, 2.75) is 32.1 Å². The molecule has 3 aromatic heterocycles. The van der Waals surface area contributed by atoms with Crippen molar-refractivity contribution >= 4 is 21.0 Å². The molecule has 0 saturated carbocycles. The lowest BCUT2D eigenvalue weighted by molar-refractivity contribution is 0.222. The van der Waals surface area contributed by atoms with Crippen LogP contribution in [0.5, 0.6) is 0 Å². The number of fused-ring (bicyclic) bond motifs is 1. The molecule has 0 spiro atoms. The maximum atomic E-state index is 13.3. The van der Waals surface area contributed by atoms with Gasteiger partial charge in [0.1, 0.15) is 11.3 Å². The molecule has 1 aliphatic heterocycles. The fourth-order valence-corrected chi connectivity index (χ4v) is 6.14. The third-order valence-corrected chi connectivity index (χ3v) is 7.72. The minimum atomic E-state index is -3.59. The SMILES string of the molecule is Cc1c(-c2nc(-c3ccccn3)no2)oc2ccc(S(=O)(=O)N3CC(C)CC(C)C3)cc12. The highest BCUT2D eigenvalue weighted by molar-refractivity contribution is 7.89. The molecule has 4 aromatic rings. The molecule has 0 bridgehead atoms. The molecular formula is C23H24N4O4S. The van der Waals surface area contributed by atoms with Crippen molar-refractivity contribution < 1.29 is 17.4 Å². The van der Waals surface area contributed by atoms with Crippen LogP contribution in [0.25, 0.3) is 34.1 Å². The summed E-state index contributed by atoms with van der Waals surface area (Å²) in [4.78, 5) is 8.90. The Morgan fingerprint density at radius 3 is 2.59 bits per heavy atom. The highest BCUT2D eigenvalue weighted by Gasteiger charge is 2.32. The summed E-state index contributed by atoms with van der Waals surface area (Å²) in [6.07, 6.45) is 2.70. The normalized spacial score (nSPS) is 20.1. The van der Waals surface area contributed by atoms with E-state index >= 15 is 0 Å². The maximum Gasteiger partial charge on any atom is 0.294 e. The highest BCUT2D eigenvalue weighted by Crippen LogP contribution is 2.35. The summed E-state index contributed by atoms with van der Waals surface area (Å²) in [5.41, 5.74) is 1.90. The monoisotopic (exact) mass is 452 g/mol. The van der Waals surface area contributed by atoms with E-state index in [9.17, 15) is 8.42 Å². The Balaban J connectivity index is 1.51. The first-order valence-electron chi connectivity index (χ1n) is 10.6. The molecule has 166 valence electrons. The van der Waals surface area contributed by atoms with Crippen LogP contribution in [0.2, 0.25) is 0 Å². The van der Waals surface area contributed by atoms with Crippen molar-refractivity contribution in [2.75, 3.05) is 13.1 Å². The van der Waals surface area contributed by atoms with Gasteiger partial charge in [0.15, 0.2) is 5.76 Å². The van der Waals surface area contributed by atoms with Crippen molar-refractivity contribution in [2.24, 2.45) is 11.8 Å². The second-order valence-corrected chi connectivity index (χ2v) is 10.6. The van der Waals surface area contributed by atoms with E-state index < -0.39 is 10.0 Å². The zero-order chi connectivity index (χ0) is 22.5. The largest absolute Gasteiger partial charge is 0.451 e. The molecule has 8 nitrogen and oxygen atoms in total. The minimum absolute atomic E-state index is 0.224. The minimum Gasteiger partial charge on any atom is -0.451 e. The Labute approximate surface area is 186 Å². The van der Waals surface area contributed by atoms with Gasteiger partial charge < -0.3 is 8.94 Å². The van der Waals surface area contributed by atoms with Crippen LogP contribution in [0.3, 0.4) is 0 Å². The molecule has 0 radical (unpaired) electrons. The number of nitrogens with zero attached hydrogens (tertiary/aromatic N) is 4. The Kier molecular flexibility index (Phi) is 5.10. The first-order chi connectivity index (χ1) is 15.3. The number of hydrogen-bond acceptors (Lipinski definition) is 7. The topological polar surface area (TPSA) is 102 Å². The van der Waals surface area contributed by atoms with E-state index in [0.29, 0.717) is 53.2 Å². The summed E-state index contributed by atoms with van der Waals surface area (Å²) in [7, 11) is -3.59. The van der Waals surface area contributed by atoms with Gasteiger partial charge in [0.05, 0.1) is 4.90 Å². The van der Waals surface area contributed by atoms with Crippen LogP contribution in [0.4, 0.5) is 0 Å². The number of pyridine rings is 1. The van der Waals surface area contributed by atoms with E-state index in [2.05, 4.69) is 29.0 Å². The van der Waals surface area contributed by atoms with Gasteiger partial charge in [0.2, 0.25) is 15.8 Å². The van der Waals surface area contributed by atoms with Crippen molar-refractivity contribution in [1.29, 1.82) is 0 Å². The number of piperidine rings is 1. The lowest BCUT2D eigenvalue weighted by atomic mass is 9.94. The molecule has 4 heterocycles. The molecule has 2 unspecified atom stereocenters. The molecule has 0 N–H and O–H groups in total. The van der Waals surface area contributed by atoms with Crippen LogP contribution in [0.1, 0.15) is 25.8 Å². The molecule has 0 amide bonds. The van der Waals surface area contributed by atoms with Crippen LogP contribution in [-0.2, 0) is 10.0 Å². The number of hydrogen-bond donors (Lipinski definition) is 0. The average Bonchev–Trinajstić information content (AvgIpc) is 3.38. The number of aryl methyl sites for hydroxylation is 1. The van der Waals surface area contributed by atoms with Gasteiger partial charge in [-0.1, -0.05) is 25.1 Å².